The maximum absolute atomic E-state index is 13.9. The summed E-state index contributed by atoms with van der Waals surface area (Å²) in [6, 6.07) is 22.1. The highest BCUT2D eigenvalue weighted by atomic mass is 35.5. The van der Waals surface area contributed by atoms with E-state index >= 15 is 0 Å². The number of halogens is 1. The second-order valence-corrected chi connectivity index (χ2v) is 10.9. The van der Waals surface area contributed by atoms with Crippen molar-refractivity contribution in [3.05, 3.63) is 105 Å². The van der Waals surface area contributed by atoms with Crippen molar-refractivity contribution in [1.29, 1.82) is 0 Å². The maximum Gasteiger partial charge on any atom is 0.337 e. The van der Waals surface area contributed by atoms with Crippen LogP contribution in [0.15, 0.2) is 89.3 Å². The number of esters is 1. The summed E-state index contributed by atoms with van der Waals surface area (Å²) in [6.07, 6.45) is 5.02. The van der Waals surface area contributed by atoms with Crippen molar-refractivity contribution < 1.29 is 14.3 Å². The predicted molar refractivity (Wildman–Crippen MR) is 146 cm³/mol. The van der Waals surface area contributed by atoms with E-state index in [1.54, 1.807) is 0 Å². The van der Waals surface area contributed by atoms with Crippen LogP contribution in [0.1, 0.15) is 68.4 Å². The molecule has 0 aromatic heterocycles. The number of nitrogens with one attached hydrogen (secondary N) is 1. The number of carbonyl (C=O) groups is 2. The minimum atomic E-state index is -0.463. The quantitative estimate of drug-likeness (QED) is 0.372. The molecule has 5 heteroatoms. The third-order valence-corrected chi connectivity index (χ3v) is 8.35. The summed E-state index contributed by atoms with van der Waals surface area (Å²) >= 11 is 6.11. The van der Waals surface area contributed by atoms with Crippen LogP contribution in [0.25, 0.3) is 10.8 Å². The Balaban J connectivity index is 1.46. The highest BCUT2D eigenvalue weighted by Crippen LogP contribution is 2.47. The number of hydrogen-bond donors (Lipinski definition) is 1. The summed E-state index contributed by atoms with van der Waals surface area (Å²) in [7, 11) is 0. The Labute approximate surface area is 222 Å². The van der Waals surface area contributed by atoms with Gasteiger partial charge >= 0.3 is 5.97 Å². The standard InChI is InChI=1S/C32H30ClNO3/c1-19-29(32(36)37-24-9-3-4-10-24)30(26-12-6-8-21-7-2-5-11-25(21)26)31-27(34-19)17-22(18-28(31)35)20-13-15-23(33)16-14-20/h2,5-8,11-16,22,24,30,34H,3-4,9-10,17-18H2,1H3. The number of hydrogen-bond acceptors (Lipinski definition) is 4. The van der Waals surface area contributed by atoms with Crippen molar-refractivity contribution in [3.63, 3.8) is 0 Å². The molecule has 0 bridgehead atoms. The first-order valence-corrected chi connectivity index (χ1v) is 13.6. The van der Waals surface area contributed by atoms with E-state index in [1.165, 1.54) is 0 Å². The lowest BCUT2D eigenvalue weighted by atomic mass is 9.71. The molecule has 1 aliphatic heterocycles. The van der Waals surface area contributed by atoms with Crippen molar-refractivity contribution >= 4 is 34.1 Å². The van der Waals surface area contributed by atoms with Gasteiger partial charge in [-0.1, -0.05) is 66.2 Å². The number of Topliss-reactive ketones (excluding diaryl/α,β-unsaturated/α-hetero) is 1. The van der Waals surface area contributed by atoms with Crippen LogP contribution in [-0.4, -0.2) is 17.9 Å². The Morgan fingerprint density at radius 3 is 2.46 bits per heavy atom. The molecule has 6 rings (SSSR count). The number of fused-ring (bicyclic) bond motifs is 1. The van der Waals surface area contributed by atoms with E-state index in [9.17, 15) is 9.59 Å². The zero-order valence-electron chi connectivity index (χ0n) is 20.9. The third-order valence-electron chi connectivity index (χ3n) is 8.10. The fourth-order valence-corrected chi connectivity index (χ4v) is 6.44. The SMILES string of the molecule is CC1=C(C(=O)OC2CCCC2)C(c2cccc3ccccc23)C2=C(CC(c3ccc(Cl)cc3)CC2=O)N1. The molecule has 4 nitrogen and oxygen atoms in total. The molecule has 0 radical (unpaired) electrons. The summed E-state index contributed by atoms with van der Waals surface area (Å²) in [5.74, 6) is -0.641. The normalized spacial score (nSPS) is 22.3. The van der Waals surface area contributed by atoms with E-state index in [2.05, 4.69) is 29.6 Å². The van der Waals surface area contributed by atoms with Crippen molar-refractivity contribution in [1.82, 2.24) is 5.32 Å². The zero-order valence-corrected chi connectivity index (χ0v) is 21.7. The number of ketones is 1. The lowest BCUT2D eigenvalue weighted by Gasteiger charge is -2.37. The molecule has 0 amide bonds. The minimum absolute atomic E-state index is 0.0484. The highest BCUT2D eigenvalue weighted by Gasteiger charge is 2.42. The van der Waals surface area contributed by atoms with Crippen molar-refractivity contribution in [2.75, 3.05) is 0 Å². The van der Waals surface area contributed by atoms with Gasteiger partial charge in [-0.15, -0.1) is 0 Å². The van der Waals surface area contributed by atoms with Crippen LogP contribution in [0.2, 0.25) is 5.02 Å². The molecule has 1 heterocycles. The van der Waals surface area contributed by atoms with Gasteiger partial charge in [0.2, 0.25) is 0 Å². The monoisotopic (exact) mass is 511 g/mol. The Morgan fingerprint density at radius 1 is 0.946 bits per heavy atom. The summed E-state index contributed by atoms with van der Waals surface area (Å²) in [5, 5.41) is 6.30. The molecule has 0 saturated heterocycles. The average Bonchev–Trinajstić information content (AvgIpc) is 3.41. The Hall–Kier alpha value is -3.37. The molecular weight excluding hydrogens is 482 g/mol. The van der Waals surface area contributed by atoms with E-state index in [1.807, 2.05) is 49.4 Å². The Bertz CT molecular complexity index is 1440. The molecule has 3 aromatic rings. The van der Waals surface area contributed by atoms with Crippen LogP contribution in [0.3, 0.4) is 0 Å². The number of ether oxygens (including phenoxy) is 1. The Kier molecular flexibility index (Phi) is 6.37. The van der Waals surface area contributed by atoms with Gasteiger partial charge in [-0.2, -0.15) is 0 Å². The molecule has 37 heavy (non-hydrogen) atoms. The van der Waals surface area contributed by atoms with Gasteiger partial charge in [0.1, 0.15) is 6.10 Å². The number of allylic oxidation sites excluding steroid dienone is 3. The van der Waals surface area contributed by atoms with Gasteiger partial charge in [-0.3, -0.25) is 4.79 Å². The minimum Gasteiger partial charge on any atom is -0.459 e. The van der Waals surface area contributed by atoms with Gasteiger partial charge in [-0.25, -0.2) is 4.79 Å². The topological polar surface area (TPSA) is 55.4 Å². The number of carbonyl (C=O) groups excluding carboxylic acids is 2. The second kappa shape index (κ2) is 9.83. The zero-order chi connectivity index (χ0) is 25.5. The first-order valence-electron chi connectivity index (χ1n) is 13.2. The molecule has 2 aliphatic carbocycles. The van der Waals surface area contributed by atoms with Gasteiger partial charge < -0.3 is 10.1 Å². The highest BCUT2D eigenvalue weighted by molar-refractivity contribution is 6.30. The van der Waals surface area contributed by atoms with Crippen LogP contribution >= 0.6 is 11.6 Å². The second-order valence-electron chi connectivity index (χ2n) is 10.4. The number of rotatable bonds is 4. The molecule has 1 N–H and O–H groups in total. The molecule has 188 valence electrons. The van der Waals surface area contributed by atoms with Crippen LogP contribution in [0.5, 0.6) is 0 Å². The molecule has 2 atom stereocenters. The maximum atomic E-state index is 13.9. The van der Waals surface area contributed by atoms with E-state index in [4.69, 9.17) is 16.3 Å². The fraction of sp³-hybridized carbons (Fsp3) is 0.312. The van der Waals surface area contributed by atoms with Gasteiger partial charge in [0.25, 0.3) is 0 Å². The average molecular weight is 512 g/mol. The van der Waals surface area contributed by atoms with E-state index in [0.29, 0.717) is 29.0 Å². The van der Waals surface area contributed by atoms with Gasteiger partial charge in [0.05, 0.1) is 5.57 Å². The molecule has 2 unspecified atom stereocenters. The van der Waals surface area contributed by atoms with Crippen LogP contribution < -0.4 is 5.32 Å². The molecular formula is C32H30ClNO3. The van der Waals surface area contributed by atoms with Crippen LogP contribution in [0, 0.1) is 0 Å². The predicted octanol–water partition coefficient (Wildman–Crippen LogP) is 7.34. The third kappa shape index (κ3) is 4.48. The van der Waals surface area contributed by atoms with Crippen LogP contribution in [0.4, 0.5) is 0 Å². The van der Waals surface area contributed by atoms with Gasteiger partial charge in [-0.05, 0) is 79.0 Å². The molecule has 3 aliphatic rings. The van der Waals surface area contributed by atoms with Gasteiger partial charge in [0, 0.05) is 34.3 Å². The van der Waals surface area contributed by atoms with Crippen LogP contribution in [-0.2, 0) is 14.3 Å². The van der Waals surface area contributed by atoms with Crippen molar-refractivity contribution in [2.45, 2.75) is 63.4 Å². The number of dihydropyridines is 1. The summed E-state index contributed by atoms with van der Waals surface area (Å²) in [4.78, 5) is 27.6. The molecule has 1 fully saturated rings. The summed E-state index contributed by atoms with van der Waals surface area (Å²) in [6.45, 7) is 1.93. The molecule has 3 aromatic carbocycles. The van der Waals surface area contributed by atoms with Crippen molar-refractivity contribution in [3.8, 4) is 0 Å². The first-order chi connectivity index (χ1) is 18.0. The lowest BCUT2D eigenvalue weighted by Crippen LogP contribution is -2.36. The smallest absolute Gasteiger partial charge is 0.337 e. The van der Waals surface area contributed by atoms with Gasteiger partial charge in [0.15, 0.2) is 5.78 Å². The van der Waals surface area contributed by atoms with E-state index < -0.39 is 5.92 Å². The molecule has 0 spiro atoms. The van der Waals surface area contributed by atoms with Crippen molar-refractivity contribution in [2.24, 2.45) is 0 Å². The summed E-state index contributed by atoms with van der Waals surface area (Å²) in [5.41, 5.74) is 5.00. The number of benzene rings is 3. The molecule has 1 saturated carbocycles. The summed E-state index contributed by atoms with van der Waals surface area (Å²) < 4.78 is 6.02. The van der Waals surface area contributed by atoms with E-state index in [-0.39, 0.29) is 23.8 Å². The lowest BCUT2D eigenvalue weighted by molar-refractivity contribution is -0.144. The Morgan fingerprint density at radius 2 is 1.68 bits per heavy atom. The van der Waals surface area contributed by atoms with E-state index in [0.717, 1.165) is 59.0 Å². The first kappa shape index (κ1) is 24.0. The fourth-order valence-electron chi connectivity index (χ4n) is 6.31. The largest absolute Gasteiger partial charge is 0.459 e.